The van der Waals surface area contributed by atoms with Gasteiger partial charge in [0.2, 0.25) is 0 Å². The summed E-state index contributed by atoms with van der Waals surface area (Å²) >= 11 is 5.88. The van der Waals surface area contributed by atoms with Crippen LogP contribution in [0.25, 0.3) is 5.57 Å². The lowest BCUT2D eigenvalue weighted by Gasteiger charge is -2.28. The molecule has 7 nitrogen and oxygen atoms in total. The van der Waals surface area contributed by atoms with Crippen molar-refractivity contribution in [3.63, 3.8) is 0 Å². The van der Waals surface area contributed by atoms with E-state index in [4.69, 9.17) is 11.6 Å². The van der Waals surface area contributed by atoms with E-state index in [1.165, 1.54) is 42.1 Å². The van der Waals surface area contributed by atoms with Crippen LogP contribution in [-0.2, 0) is 17.1 Å². The summed E-state index contributed by atoms with van der Waals surface area (Å²) in [4.78, 5) is 13.2. The van der Waals surface area contributed by atoms with Crippen LogP contribution in [0.2, 0.25) is 5.02 Å². The quantitative estimate of drug-likeness (QED) is 0.551. The number of alkyl halides is 2. The first kappa shape index (κ1) is 26.2. The first-order valence-corrected chi connectivity index (χ1v) is 12.7. The number of anilines is 1. The molecule has 1 amide bonds. The molecule has 0 radical (unpaired) electrons. The highest BCUT2D eigenvalue weighted by Crippen LogP contribution is 2.39. The highest BCUT2D eigenvalue weighted by Gasteiger charge is 2.35. The Labute approximate surface area is 203 Å². The molecule has 0 saturated carbocycles. The lowest BCUT2D eigenvalue weighted by molar-refractivity contribution is -0.00606. The summed E-state index contributed by atoms with van der Waals surface area (Å²) in [6.07, 6.45) is 0.483. The average Bonchev–Trinajstić information content (AvgIpc) is 3.02. The van der Waals surface area contributed by atoms with Crippen LogP contribution in [0.1, 0.15) is 63.1 Å². The Balaban J connectivity index is 2.09. The second-order valence-corrected chi connectivity index (χ2v) is 11.7. The summed E-state index contributed by atoms with van der Waals surface area (Å²) in [6, 6.07) is 5.30. The van der Waals surface area contributed by atoms with Crippen molar-refractivity contribution < 1.29 is 22.0 Å². The minimum atomic E-state index is -4.13. The fourth-order valence-electron chi connectivity index (χ4n) is 3.40. The first-order chi connectivity index (χ1) is 15.6. The van der Waals surface area contributed by atoms with E-state index in [9.17, 15) is 22.0 Å². The van der Waals surface area contributed by atoms with Crippen LogP contribution in [0.15, 0.2) is 35.2 Å². The van der Waals surface area contributed by atoms with Gasteiger partial charge in [0.15, 0.2) is 5.69 Å². The Morgan fingerprint density at radius 2 is 1.85 bits per heavy atom. The molecule has 1 aliphatic rings. The van der Waals surface area contributed by atoms with Crippen LogP contribution in [0.4, 0.5) is 14.5 Å². The summed E-state index contributed by atoms with van der Waals surface area (Å²) in [5.74, 6) is -3.36. The summed E-state index contributed by atoms with van der Waals surface area (Å²) < 4.78 is 57.5. The van der Waals surface area contributed by atoms with Crippen LogP contribution >= 0.6 is 11.6 Å². The molecule has 0 fully saturated rings. The zero-order valence-corrected chi connectivity index (χ0v) is 21.3. The number of aryl methyl sites for hydroxylation is 1. The van der Waals surface area contributed by atoms with E-state index < -0.39 is 28.3 Å². The van der Waals surface area contributed by atoms with Crippen molar-refractivity contribution in [2.45, 2.75) is 63.8 Å². The van der Waals surface area contributed by atoms with Gasteiger partial charge in [-0.2, -0.15) is 5.10 Å². The molecule has 1 aliphatic carbocycles. The number of allylic oxidation sites excluding steroid dienone is 2. The standard InChI is InChI=1S/C23H29ClF2N4O3S/c1-14(22(2,3)4)27-21(31)20-19(29-34(32,33)17-8-6-16(24)7-9-17)18(28-30(20)5)15-10-12-23(25,26)13-11-15/h6-10,14,29H,11-13H2,1-5H3,(H,27,31). The molecule has 11 heteroatoms. The minimum Gasteiger partial charge on any atom is -0.348 e. The largest absolute Gasteiger partial charge is 0.348 e. The van der Waals surface area contributed by atoms with Gasteiger partial charge < -0.3 is 5.32 Å². The molecule has 0 spiro atoms. The lowest BCUT2D eigenvalue weighted by Crippen LogP contribution is -2.42. The fourth-order valence-corrected chi connectivity index (χ4v) is 4.60. The van der Waals surface area contributed by atoms with E-state index in [2.05, 4.69) is 15.1 Å². The van der Waals surface area contributed by atoms with Crippen molar-refractivity contribution in [1.29, 1.82) is 0 Å². The van der Waals surface area contributed by atoms with Gasteiger partial charge in [0, 0.05) is 31.0 Å². The average molecular weight is 515 g/mol. The Morgan fingerprint density at radius 3 is 2.38 bits per heavy atom. The fraction of sp³-hybridized carbons (Fsp3) is 0.478. The topological polar surface area (TPSA) is 93.1 Å². The number of aromatic nitrogens is 2. The maximum absolute atomic E-state index is 13.7. The van der Waals surface area contributed by atoms with Gasteiger partial charge >= 0.3 is 0 Å². The zero-order valence-electron chi connectivity index (χ0n) is 19.7. The second kappa shape index (κ2) is 9.30. The predicted molar refractivity (Wildman–Crippen MR) is 129 cm³/mol. The van der Waals surface area contributed by atoms with Gasteiger partial charge in [0.1, 0.15) is 11.4 Å². The molecule has 2 N–H and O–H groups in total. The van der Waals surface area contributed by atoms with Crippen molar-refractivity contribution in [2.24, 2.45) is 12.5 Å². The first-order valence-electron chi connectivity index (χ1n) is 10.8. The zero-order chi connectivity index (χ0) is 25.5. The molecular weight excluding hydrogens is 486 g/mol. The number of nitrogens with one attached hydrogen (secondary N) is 2. The van der Waals surface area contributed by atoms with E-state index in [0.29, 0.717) is 10.6 Å². The summed E-state index contributed by atoms with van der Waals surface area (Å²) in [6.45, 7) is 7.73. The molecule has 1 aromatic carbocycles. The molecule has 0 saturated heterocycles. The molecule has 0 bridgehead atoms. The third-order valence-corrected chi connectivity index (χ3v) is 7.60. The highest BCUT2D eigenvalue weighted by atomic mass is 35.5. The van der Waals surface area contributed by atoms with Gasteiger partial charge in [0.05, 0.1) is 4.90 Å². The van der Waals surface area contributed by atoms with Gasteiger partial charge in [-0.25, -0.2) is 17.2 Å². The van der Waals surface area contributed by atoms with Crippen LogP contribution in [0.3, 0.4) is 0 Å². The second-order valence-electron chi connectivity index (χ2n) is 9.61. The van der Waals surface area contributed by atoms with Crippen LogP contribution in [0.5, 0.6) is 0 Å². The predicted octanol–water partition coefficient (Wildman–Crippen LogP) is 5.24. The number of sulfonamides is 1. The van der Waals surface area contributed by atoms with Gasteiger partial charge in [-0.15, -0.1) is 0 Å². The number of hydrogen-bond acceptors (Lipinski definition) is 4. The maximum Gasteiger partial charge on any atom is 0.271 e. The molecule has 186 valence electrons. The molecule has 34 heavy (non-hydrogen) atoms. The number of rotatable bonds is 6. The number of hydrogen-bond donors (Lipinski definition) is 2. The summed E-state index contributed by atoms with van der Waals surface area (Å²) in [7, 11) is -2.62. The van der Waals surface area contributed by atoms with Gasteiger partial charge in [-0.1, -0.05) is 38.4 Å². The molecule has 1 atom stereocenters. The van der Waals surface area contributed by atoms with E-state index in [1.54, 1.807) is 0 Å². The van der Waals surface area contributed by atoms with E-state index in [0.717, 1.165) is 0 Å². The maximum atomic E-state index is 13.7. The number of halogens is 3. The Morgan fingerprint density at radius 1 is 1.24 bits per heavy atom. The van der Waals surface area contributed by atoms with Crippen LogP contribution in [-0.4, -0.2) is 36.1 Å². The summed E-state index contributed by atoms with van der Waals surface area (Å²) in [5.41, 5.74) is 0.300. The molecule has 1 aromatic heterocycles. The van der Waals surface area contributed by atoms with Crippen LogP contribution < -0.4 is 10.0 Å². The van der Waals surface area contributed by atoms with Gasteiger partial charge in [-0.05, 0) is 48.6 Å². The molecule has 2 aromatic rings. The third-order valence-electron chi connectivity index (χ3n) is 5.98. The van der Waals surface area contributed by atoms with Crippen molar-refractivity contribution in [3.8, 4) is 0 Å². The van der Waals surface area contributed by atoms with E-state index >= 15 is 0 Å². The van der Waals surface area contributed by atoms with Crippen molar-refractivity contribution in [3.05, 3.63) is 46.8 Å². The van der Waals surface area contributed by atoms with Crippen LogP contribution in [0, 0.1) is 5.41 Å². The van der Waals surface area contributed by atoms with Crippen molar-refractivity contribution in [2.75, 3.05) is 4.72 Å². The number of amides is 1. The molecular formula is C23H29ClF2N4O3S. The third kappa shape index (κ3) is 5.78. The monoisotopic (exact) mass is 514 g/mol. The SMILES string of the molecule is CC(NC(=O)c1c(NS(=O)(=O)c2ccc(Cl)cc2)c(C2=CCC(F)(F)CC2)nn1C)C(C)(C)C. The Hall–Kier alpha value is -2.46. The minimum absolute atomic E-state index is 0.000854. The van der Waals surface area contributed by atoms with E-state index in [-0.39, 0.29) is 46.3 Å². The van der Waals surface area contributed by atoms with Crippen molar-refractivity contribution in [1.82, 2.24) is 15.1 Å². The van der Waals surface area contributed by atoms with Gasteiger partial charge in [0.25, 0.3) is 21.9 Å². The van der Waals surface area contributed by atoms with Crippen molar-refractivity contribution >= 4 is 38.8 Å². The molecule has 1 unspecified atom stereocenters. The normalized spacial score (nSPS) is 17.1. The molecule has 0 aliphatic heterocycles. The molecule has 3 rings (SSSR count). The van der Waals surface area contributed by atoms with E-state index in [1.807, 2.05) is 27.7 Å². The highest BCUT2D eigenvalue weighted by molar-refractivity contribution is 7.92. The lowest BCUT2D eigenvalue weighted by atomic mass is 9.88. The molecule has 1 heterocycles. The number of carbonyl (C=O) groups excluding carboxylic acids is 1. The smallest absolute Gasteiger partial charge is 0.271 e. The Bertz CT molecular complexity index is 1220. The number of benzene rings is 1. The summed E-state index contributed by atoms with van der Waals surface area (Å²) in [5, 5.41) is 7.61. The van der Waals surface area contributed by atoms with Gasteiger partial charge in [-0.3, -0.25) is 14.2 Å². The number of carbonyl (C=O) groups is 1. The number of nitrogens with zero attached hydrogens (tertiary/aromatic N) is 2. The Kier molecular flexibility index (Phi) is 7.15.